The number of rotatable bonds is 4. The van der Waals surface area contributed by atoms with E-state index >= 15 is 0 Å². The van der Waals surface area contributed by atoms with Crippen LogP contribution in [0.1, 0.15) is 45.1 Å². The first-order chi connectivity index (χ1) is 8.57. The number of benzene rings is 1. The van der Waals surface area contributed by atoms with Crippen molar-refractivity contribution in [2.24, 2.45) is 5.41 Å². The molecule has 1 aromatic carbocycles. The maximum atomic E-state index is 13.5. The molecule has 1 aliphatic rings. The van der Waals surface area contributed by atoms with Gasteiger partial charge >= 0.3 is 0 Å². The molecule has 100 valence electrons. The topological polar surface area (TPSA) is 12.0 Å². The molecule has 0 radical (unpaired) electrons. The zero-order chi connectivity index (χ0) is 13.0. The van der Waals surface area contributed by atoms with E-state index in [1.165, 1.54) is 25.7 Å². The number of hydrogen-bond donors (Lipinski definition) is 1. The summed E-state index contributed by atoms with van der Waals surface area (Å²) in [5.74, 6) is -0.0803. The lowest BCUT2D eigenvalue weighted by molar-refractivity contribution is 0.199. The van der Waals surface area contributed by atoms with Crippen molar-refractivity contribution in [2.75, 3.05) is 6.54 Å². The molecule has 0 spiro atoms. The maximum Gasteiger partial charge on any atom is 0.126 e. The van der Waals surface area contributed by atoms with E-state index in [-0.39, 0.29) is 5.82 Å². The Morgan fingerprint density at radius 2 is 2.11 bits per heavy atom. The normalized spacial score (nSPS) is 22.9. The van der Waals surface area contributed by atoms with Gasteiger partial charge < -0.3 is 5.32 Å². The molecule has 0 saturated heterocycles. The molecule has 0 aliphatic heterocycles. The van der Waals surface area contributed by atoms with Gasteiger partial charge in [0.05, 0.1) is 0 Å². The predicted molar refractivity (Wildman–Crippen MR) is 74.1 cm³/mol. The van der Waals surface area contributed by atoms with Crippen molar-refractivity contribution in [3.8, 4) is 0 Å². The van der Waals surface area contributed by atoms with E-state index in [0.29, 0.717) is 11.5 Å². The molecule has 1 aromatic rings. The Labute approximate surface area is 110 Å². The van der Waals surface area contributed by atoms with E-state index in [1.807, 2.05) is 12.1 Å². The molecule has 1 unspecified atom stereocenters. The molecule has 1 saturated carbocycles. The fraction of sp³-hybridized carbons (Fsp3) is 0.625. The number of hydrogen-bond acceptors (Lipinski definition) is 1. The molecular formula is C16H24FN. The van der Waals surface area contributed by atoms with Crippen molar-refractivity contribution in [3.63, 3.8) is 0 Å². The first-order valence-electron chi connectivity index (χ1n) is 7.04. The van der Waals surface area contributed by atoms with Crippen molar-refractivity contribution >= 4 is 0 Å². The lowest BCUT2D eigenvalue weighted by Crippen LogP contribution is -2.38. The van der Waals surface area contributed by atoms with Crippen molar-refractivity contribution in [1.82, 2.24) is 5.32 Å². The molecule has 18 heavy (non-hydrogen) atoms. The van der Waals surface area contributed by atoms with Crippen molar-refractivity contribution < 1.29 is 4.39 Å². The minimum Gasteiger partial charge on any atom is -0.314 e. The summed E-state index contributed by atoms with van der Waals surface area (Å²) < 4.78 is 13.5. The van der Waals surface area contributed by atoms with Crippen LogP contribution in [0, 0.1) is 11.2 Å². The molecule has 0 aromatic heterocycles. The SMILES string of the molecule is CC1(C)CCCC(NCCc2ccccc2F)C1. The number of nitrogens with one attached hydrogen (secondary N) is 1. The summed E-state index contributed by atoms with van der Waals surface area (Å²) in [6, 6.07) is 7.68. The average Bonchev–Trinajstić information content (AvgIpc) is 2.30. The standard InChI is InChI=1S/C16H24FN/c1-16(2)10-5-7-14(12-16)18-11-9-13-6-3-4-8-15(13)17/h3-4,6,8,14,18H,5,7,9-12H2,1-2H3. The van der Waals surface area contributed by atoms with Crippen molar-refractivity contribution in [1.29, 1.82) is 0 Å². The molecule has 1 aliphatic carbocycles. The van der Waals surface area contributed by atoms with E-state index in [2.05, 4.69) is 19.2 Å². The Hall–Kier alpha value is -0.890. The van der Waals surface area contributed by atoms with Crippen LogP contribution in [0.4, 0.5) is 4.39 Å². The van der Waals surface area contributed by atoms with Crippen LogP contribution in [0.25, 0.3) is 0 Å². The highest BCUT2D eigenvalue weighted by Gasteiger charge is 2.27. The van der Waals surface area contributed by atoms with Gasteiger partial charge in [-0.1, -0.05) is 38.5 Å². The Bertz CT molecular complexity index is 386. The smallest absolute Gasteiger partial charge is 0.126 e. The van der Waals surface area contributed by atoms with Crippen molar-refractivity contribution in [2.45, 2.75) is 52.0 Å². The summed E-state index contributed by atoms with van der Waals surface area (Å²) in [5.41, 5.74) is 1.29. The van der Waals surface area contributed by atoms with Gasteiger partial charge in [0.25, 0.3) is 0 Å². The van der Waals surface area contributed by atoms with Gasteiger partial charge in [-0.25, -0.2) is 4.39 Å². The Balaban J connectivity index is 1.77. The highest BCUT2D eigenvalue weighted by Crippen LogP contribution is 2.34. The van der Waals surface area contributed by atoms with Crippen LogP contribution < -0.4 is 5.32 Å². The molecule has 0 heterocycles. The van der Waals surface area contributed by atoms with Crippen molar-refractivity contribution in [3.05, 3.63) is 35.6 Å². The summed E-state index contributed by atoms with van der Waals surface area (Å²) in [7, 11) is 0. The minimum atomic E-state index is -0.0803. The summed E-state index contributed by atoms with van der Waals surface area (Å²) in [6.45, 7) is 5.57. The van der Waals surface area contributed by atoms with Crippen LogP contribution >= 0.6 is 0 Å². The molecular weight excluding hydrogens is 225 g/mol. The van der Waals surface area contributed by atoms with Gasteiger partial charge in [0, 0.05) is 6.04 Å². The molecule has 1 nitrogen and oxygen atoms in total. The van der Waals surface area contributed by atoms with Gasteiger partial charge in [0.2, 0.25) is 0 Å². The Morgan fingerprint density at radius 1 is 1.33 bits per heavy atom. The minimum absolute atomic E-state index is 0.0803. The Kier molecular flexibility index (Phi) is 4.39. The third kappa shape index (κ3) is 3.81. The average molecular weight is 249 g/mol. The maximum absolute atomic E-state index is 13.5. The lowest BCUT2D eigenvalue weighted by Gasteiger charge is -2.35. The predicted octanol–water partition coefficient (Wildman–Crippen LogP) is 3.93. The van der Waals surface area contributed by atoms with E-state index in [1.54, 1.807) is 12.1 Å². The highest BCUT2D eigenvalue weighted by atomic mass is 19.1. The fourth-order valence-electron chi connectivity index (χ4n) is 2.98. The highest BCUT2D eigenvalue weighted by molar-refractivity contribution is 5.17. The third-order valence-corrected chi connectivity index (χ3v) is 3.99. The first-order valence-corrected chi connectivity index (χ1v) is 7.04. The monoisotopic (exact) mass is 249 g/mol. The van der Waals surface area contributed by atoms with Gasteiger partial charge in [-0.3, -0.25) is 0 Å². The van der Waals surface area contributed by atoms with Crippen LogP contribution in [-0.2, 0) is 6.42 Å². The summed E-state index contributed by atoms with van der Waals surface area (Å²) in [5, 5.41) is 3.59. The second-order valence-electron chi connectivity index (χ2n) is 6.25. The van der Waals surface area contributed by atoms with E-state index in [4.69, 9.17) is 0 Å². The molecule has 2 rings (SSSR count). The van der Waals surface area contributed by atoms with E-state index in [9.17, 15) is 4.39 Å². The zero-order valence-corrected chi connectivity index (χ0v) is 11.5. The van der Waals surface area contributed by atoms with Crippen LogP contribution in [0.15, 0.2) is 24.3 Å². The van der Waals surface area contributed by atoms with Crippen LogP contribution in [-0.4, -0.2) is 12.6 Å². The first kappa shape index (κ1) is 13.5. The quantitative estimate of drug-likeness (QED) is 0.852. The molecule has 2 heteroatoms. The van der Waals surface area contributed by atoms with Gasteiger partial charge in [-0.05, 0) is 49.3 Å². The molecule has 1 fully saturated rings. The summed E-state index contributed by atoms with van der Waals surface area (Å²) >= 11 is 0. The fourth-order valence-corrected chi connectivity index (χ4v) is 2.98. The van der Waals surface area contributed by atoms with Gasteiger partial charge in [0.15, 0.2) is 0 Å². The summed E-state index contributed by atoms with van der Waals surface area (Å²) in [4.78, 5) is 0. The zero-order valence-electron chi connectivity index (χ0n) is 11.5. The molecule has 1 N–H and O–H groups in total. The lowest BCUT2D eigenvalue weighted by atomic mass is 9.75. The molecule has 0 bridgehead atoms. The third-order valence-electron chi connectivity index (χ3n) is 3.99. The largest absolute Gasteiger partial charge is 0.314 e. The van der Waals surface area contributed by atoms with E-state index in [0.717, 1.165) is 18.5 Å². The molecule has 1 atom stereocenters. The van der Waals surface area contributed by atoms with Gasteiger partial charge in [-0.15, -0.1) is 0 Å². The van der Waals surface area contributed by atoms with Crippen LogP contribution in [0.3, 0.4) is 0 Å². The van der Waals surface area contributed by atoms with E-state index < -0.39 is 0 Å². The van der Waals surface area contributed by atoms with Gasteiger partial charge in [-0.2, -0.15) is 0 Å². The second-order valence-corrected chi connectivity index (χ2v) is 6.25. The number of halogens is 1. The van der Waals surface area contributed by atoms with Gasteiger partial charge in [0.1, 0.15) is 5.82 Å². The molecule has 0 amide bonds. The Morgan fingerprint density at radius 3 is 2.83 bits per heavy atom. The van der Waals surface area contributed by atoms with Crippen LogP contribution in [0.5, 0.6) is 0 Å². The summed E-state index contributed by atoms with van der Waals surface area (Å²) in [6.07, 6.45) is 5.93. The second kappa shape index (κ2) is 5.83. The van der Waals surface area contributed by atoms with Crippen LogP contribution in [0.2, 0.25) is 0 Å².